The zero-order chi connectivity index (χ0) is 9.84. The van der Waals surface area contributed by atoms with Gasteiger partial charge in [-0.25, -0.2) is 0 Å². The van der Waals surface area contributed by atoms with Crippen molar-refractivity contribution in [2.45, 2.75) is 32.6 Å². The molecule has 0 saturated heterocycles. The fraction of sp³-hybridized carbons (Fsp3) is 0.455. The van der Waals surface area contributed by atoms with Gasteiger partial charge in [-0.1, -0.05) is 49.5 Å². The molecular weight excluding hydrogens is 203 g/mol. The van der Waals surface area contributed by atoms with Crippen LogP contribution < -0.4 is 0 Å². The zero-order valence-corrected chi connectivity index (χ0v) is 9.49. The lowest BCUT2D eigenvalue weighted by atomic mass is 9.97. The fourth-order valence-corrected chi connectivity index (χ4v) is 2.08. The number of hydrogen-bond acceptors (Lipinski definition) is 0. The minimum absolute atomic E-state index is 0.523. The van der Waals surface area contributed by atoms with Gasteiger partial charge in [-0.2, -0.15) is 0 Å². The smallest absolute Gasteiger partial charge is 0.0455 e. The van der Waals surface area contributed by atoms with Gasteiger partial charge in [0.25, 0.3) is 0 Å². The van der Waals surface area contributed by atoms with Crippen LogP contribution in [0.3, 0.4) is 0 Å². The summed E-state index contributed by atoms with van der Waals surface area (Å²) in [6.45, 7) is 4.37. The molecule has 0 radical (unpaired) electrons. The molecule has 0 saturated carbocycles. The largest absolute Gasteiger partial charge is 0.0843 e. The van der Waals surface area contributed by atoms with E-state index < -0.39 is 0 Å². The van der Waals surface area contributed by atoms with E-state index >= 15 is 0 Å². The highest BCUT2D eigenvalue weighted by Crippen LogP contribution is 2.29. The monoisotopic (exact) mass is 216 g/mol. The summed E-state index contributed by atoms with van der Waals surface area (Å²) in [5.74, 6) is 0.523. The van der Waals surface area contributed by atoms with Crippen molar-refractivity contribution >= 4 is 23.2 Å². The van der Waals surface area contributed by atoms with Crippen molar-refractivity contribution < 1.29 is 0 Å². The SMILES string of the molecule is CCC[C@@H](C)c1ccc(Cl)cc1Cl. The molecule has 0 amide bonds. The van der Waals surface area contributed by atoms with Gasteiger partial charge in [0, 0.05) is 10.0 Å². The zero-order valence-electron chi connectivity index (χ0n) is 7.98. The molecule has 0 aliphatic heterocycles. The molecule has 0 spiro atoms. The summed E-state index contributed by atoms with van der Waals surface area (Å²) in [5.41, 5.74) is 1.20. The molecule has 0 aliphatic carbocycles. The first-order valence-electron chi connectivity index (χ1n) is 4.60. The molecule has 2 heteroatoms. The van der Waals surface area contributed by atoms with Crippen molar-refractivity contribution in [1.82, 2.24) is 0 Å². The third-order valence-corrected chi connectivity index (χ3v) is 2.78. The maximum absolute atomic E-state index is 6.08. The van der Waals surface area contributed by atoms with Gasteiger partial charge in [-0.05, 0) is 30.0 Å². The molecule has 0 bridgehead atoms. The van der Waals surface area contributed by atoms with Gasteiger partial charge in [0.1, 0.15) is 0 Å². The average molecular weight is 217 g/mol. The van der Waals surface area contributed by atoms with Crippen molar-refractivity contribution in [3.05, 3.63) is 33.8 Å². The Morgan fingerprint density at radius 3 is 2.54 bits per heavy atom. The first kappa shape index (κ1) is 10.9. The molecule has 0 nitrogen and oxygen atoms in total. The molecule has 72 valence electrons. The Labute approximate surface area is 89.9 Å². The van der Waals surface area contributed by atoms with Gasteiger partial charge < -0.3 is 0 Å². The summed E-state index contributed by atoms with van der Waals surface area (Å²) in [6, 6.07) is 5.73. The van der Waals surface area contributed by atoms with E-state index in [1.54, 1.807) is 0 Å². The predicted octanol–water partition coefficient (Wildman–Crippen LogP) is 4.90. The van der Waals surface area contributed by atoms with E-state index in [0.29, 0.717) is 10.9 Å². The van der Waals surface area contributed by atoms with Crippen molar-refractivity contribution in [1.29, 1.82) is 0 Å². The van der Waals surface area contributed by atoms with Crippen LogP contribution in [-0.4, -0.2) is 0 Å². The van der Waals surface area contributed by atoms with Crippen molar-refractivity contribution in [3.63, 3.8) is 0 Å². The second kappa shape index (κ2) is 4.88. The maximum Gasteiger partial charge on any atom is 0.0455 e. The Morgan fingerprint density at radius 2 is 2.00 bits per heavy atom. The highest BCUT2D eigenvalue weighted by Gasteiger charge is 2.08. The third kappa shape index (κ3) is 2.89. The van der Waals surface area contributed by atoms with Crippen molar-refractivity contribution in [3.8, 4) is 0 Å². The summed E-state index contributed by atoms with van der Waals surface area (Å²) in [5, 5.41) is 1.49. The number of rotatable bonds is 3. The first-order valence-corrected chi connectivity index (χ1v) is 5.35. The lowest BCUT2D eigenvalue weighted by Gasteiger charge is -2.12. The molecule has 13 heavy (non-hydrogen) atoms. The van der Waals surface area contributed by atoms with Crippen LogP contribution in [0, 0.1) is 0 Å². The third-order valence-electron chi connectivity index (χ3n) is 2.22. The summed E-state index contributed by atoms with van der Waals surface area (Å²) in [4.78, 5) is 0. The lowest BCUT2D eigenvalue weighted by Crippen LogP contribution is -1.93. The van der Waals surface area contributed by atoms with Crippen LogP contribution in [-0.2, 0) is 0 Å². The van der Waals surface area contributed by atoms with Gasteiger partial charge >= 0.3 is 0 Å². The van der Waals surface area contributed by atoms with Gasteiger partial charge in [-0.3, -0.25) is 0 Å². The molecular formula is C11H14Cl2. The summed E-state index contributed by atoms with van der Waals surface area (Å²) in [6.07, 6.45) is 2.35. The van der Waals surface area contributed by atoms with Gasteiger partial charge in [0.15, 0.2) is 0 Å². The second-order valence-electron chi connectivity index (χ2n) is 3.36. The van der Waals surface area contributed by atoms with E-state index in [9.17, 15) is 0 Å². The van der Waals surface area contributed by atoms with Crippen LogP contribution in [0.15, 0.2) is 18.2 Å². The summed E-state index contributed by atoms with van der Waals surface area (Å²) >= 11 is 11.9. The molecule has 0 aromatic heterocycles. The number of hydrogen-bond donors (Lipinski definition) is 0. The van der Waals surface area contributed by atoms with E-state index in [0.717, 1.165) is 5.02 Å². The Balaban J connectivity index is 2.88. The van der Waals surface area contributed by atoms with Crippen LogP contribution >= 0.6 is 23.2 Å². The maximum atomic E-state index is 6.08. The quantitative estimate of drug-likeness (QED) is 0.675. The Hall–Kier alpha value is -0.200. The molecule has 1 aromatic rings. The van der Waals surface area contributed by atoms with Crippen LogP contribution in [0.25, 0.3) is 0 Å². The summed E-state index contributed by atoms with van der Waals surface area (Å²) < 4.78 is 0. The average Bonchev–Trinajstić information content (AvgIpc) is 2.04. The minimum Gasteiger partial charge on any atom is -0.0843 e. The normalized spacial score (nSPS) is 12.9. The standard InChI is InChI=1S/C11H14Cl2/c1-3-4-8(2)10-6-5-9(12)7-11(10)13/h5-8H,3-4H2,1-2H3/t8-/m1/s1. The minimum atomic E-state index is 0.523. The molecule has 0 heterocycles. The fourth-order valence-electron chi connectivity index (χ4n) is 1.49. The molecule has 1 atom stereocenters. The van der Waals surface area contributed by atoms with Crippen LogP contribution in [0.1, 0.15) is 38.2 Å². The van der Waals surface area contributed by atoms with Gasteiger partial charge in [0.05, 0.1) is 0 Å². The highest BCUT2D eigenvalue weighted by molar-refractivity contribution is 6.35. The topological polar surface area (TPSA) is 0 Å². The predicted molar refractivity (Wildman–Crippen MR) is 59.8 cm³/mol. The van der Waals surface area contributed by atoms with Gasteiger partial charge in [0.2, 0.25) is 0 Å². The highest BCUT2D eigenvalue weighted by atomic mass is 35.5. The lowest BCUT2D eigenvalue weighted by molar-refractivity contribution is 0.665. The molecule has 1 aromatic carbocycles. The molecule has 0 aliphatic rings. The molecule has 0 fully saturated rings. The Bertz CT molecular complexity index is 281. The van der Waals surface area contributed by atoms with Gasteiger partial charge in [-0.15, -0.1) is 0 Å². The van der Waals surface area contributed by atoms with Crippen LogP contribution in [0.4, 0.5) is 0 Å². The van der Waals surface area contributed by atoms with Crippen LogP contribution in [0.2, 0.25) is 10.0 Å². The Kier molecular flexibility index (Phi) is 4.08. The van der Waals surface area contributed by atoms with Crippen molar-refractivity contribution in [2.75, 3.05) is 0 Å². The second-order valence-corrected chi connectivity index (χ2v) is 4.20. The Morgan fingerprint density at radius 1 is 1.31 bits per heavy atom. The molecule has 0 unspecified atom stereocenters. The number of halogens is 2. The van der Waals surface area contributed by atoms with E-state index in [4.69, 9.17) is 23.2 Å². The first-order chi connectivity index (χ1) is 6.15. The molecule has 1 rings (SSSR count). The summed E-state index contributed by atoms with van der Waals surface area (Å²) in [7, 11) is 0. The molecule has 0 N–H and O–H groups in total. The van der Waals surface area contributed by atoms with Crippen molar-refractivity contribution in [2.24, 2.45) is 0 Å². The van der Waals surface area contributed by atoms with E-state index in [-0.39, 0.29) is 0 Å². The van der Waals surface area contributed by atoms with E-state index in [1.165, 1.54) is 18.4 Å². The van der Waals surface area contributed by atoms with E-state index in [2.05, 4.69) is 13.8 Å². The van der Waals surface area contributed by atoms with E-state index in [1.807, 2.05) is 18.2 Å². The number of benzene rings is 1. The van der Waals surface area contributed by atoms with Crippen LogP contribution in [0.5, 0.6) is 0 Å².